The highest BCUT2D eigenvalue weighted by molar-refractivity contribution is 6.00. The molecule has 2 heterocycles. The van der Waals surface area contributed by atoms with E-state index in [1.807, 2.05) is 31.7 Å². The fourth-order valence-electron chi connectivity index (χ4n) is 3.84. The number of nitrogens with zero attached hydrogens (tertiary/aromatic N) is 1. The second-order valence-electron chi connectivity index (χ2n) is 7.15. The Balaban J connectivity index is 1.84. The highest BCUT2D eigenvalue weighted by atomic mass is 16.4. The van der Waals surface area contributed by atoms with Crippen molar-refractivity contribution in [2.45, 2.75) is 46.5 Å². The van der Waals surface area contributed by atoms with Gasteiger partial charge in [-0.15, -0.1) is 0 Å². The standard InChI is InChI=1S/C20H25NO4/c1-12-6-7-13(2)18-17(12)14(3)19(25-18)20(24)21-10-4-5-15(11-21)8-9-16(22)23/h6-7,15H,4-5,8-11H2,1-3H3,(H,22,23). The van der Waals surface area contributed by atoms with E-state index in [2.05, 4.69) is 6.07 Å². The number of carboxylic acid groups (broad SMARTS) is 1. The zero-order valence-corrected chi connectivity index (χ0v) is 15.1. The first-order chi connectivity index (χ1) is 11.9. The van der Waals surface area contributed by atoms with Gasteiger partial charge in [-0.3, -0.25) is 9.59 Å². The molecule has 134 valence electrons. The van der Waals surface area contributed by atoms with E-state index in [1.165, 1.54) is 0 Å². The van der Waals surface area contributed by atoms with Crippen molar-refractivity contribution in [3.63, 3.8) is 0 Å². The summed E-state index contributed by atoms with van der Waals surface area (Å²) in [7, 11) is 0. The maximum Gasteiger partial charge on any atom is 0.303 e. The largest absolute Gasteiger partial charge is 0.481 e. The smallest absolute Gasteiger partial charge is 0.303 e. The summed E-state index contributed by atoms with van der Waals surface area (Å²) >= 11 is 0. The van der Waals surface area contributed by atoms with Crippen LogP contribution in [0.3, 0.4) is 0 Å². The molecule has 0 radical (unpaired) electrons. The van der Waals surface area contributed by atoms with Gasteiger partial charge in [-0.2, -0.15) is 0 Å². The summed E-state index contributed by atoms with van der Waals surface area (Å²) in [5.74, 6) is -0.178. The third kappa shape index (κ3) is 3.41. The minimum Gasteiger partial charge on any atom is -0.481 e. The fourth-order valence-corrected chi connectivity index (χ4v) is 3.84. The van der Waals surface area contributed by atoms with E-state index in [-0.39, 0.29) is 18.2 Å². The molecule has 5 heteroatoms. The number of amides is 1. The quantitative estimate of drug-likeness (QED) is 0.908. The minimum absolute atomic E-state index is 0.0764. The summed E-state index contributed by atoms with van der Waals surface area (Å²) in [5, 5.41) is 9.90. The molecule has 1 amide bonds. The Morgan fingerprint density at radius 1 is 1.24 bits per heavy atom. The lowest BCUT2D eigenvalue weighted by Gasteiger charge is -2.32. The van der Waals surface area contributed by atoms with Gasteiger partial charge in [0.2, 0.25) is 0 Å². The van der Waals surface area contributed by atoms with Crippen molar-refractivity contribution in [2.75, 3.05) is 13.1 Å². The number of likely N-dealkylation sites (tertiary alicyclic amines) is 1. The van der Waals surface area contributed by atoms with Crippen molar-refractivity contribution in [3.8, 4) is 0 Å². The molecule has 1 aliphatic heterocycles. The third-order valence-corrected chi connectivity index (χ3v) is 5.25. The first-order valence-corrected chi connectivity index (χ1v) is 8.89. The topological polar surface area (TPSA) is 70.8 Å². The minimum atomic E-state index is -0.775. The Kier molecular flexibility index (Phi) is 4.84. The van der Waals surface area contributed by atoms with Crippen LogP contribution in [-0.4, -0.2) is 35.0 Å². The lowest BCUT2D eigenvalue weighted by molar-refractivity contribution is -0.137. The van der Waals surface area contributed by atoms with Crippen LogP contribution in [0.5, 0.6) is 0 Å². The van der Waals surface area contributed by atoms with Crippen molar-refractivity contribution in [3.05, 3.63) is 34.6 Å². The Morgan fingerprint density at radius 2 is 1.96 bits per heavy atom. The number of hydrogen-bond acceptors (Lipinski definition) is 3. The molecular formula is C20H25NO4. The van der Waals surface area contributed by atoms with Gasteiger partial charge < -0.3 is 14.4 Å². The Labute approximate surface area is 147 Å². The highest BCUT2D eigenvalue weighted by Gasteiger charge is 2.29. The summed E-state index contributed by atoms with van der Waals surface area (Å²) in [4.78, 5) is 25.6. The van der Waals surface area contributed by atoms with Gasteiger partial charge in [-0.05, 0) is 57.1 Å². The van der Waals surface area contributed by atoms with Crippen LogP contribution in [0.1, 0.15) is 52.9 Å². The van der Waals surface area contributed by atoms with E-state index < -0.39 is 5.97 Å². The Morgan fingerprint density at radius 3 is 2.64 bits per heavy atom. The van der Waals surface area contributed by atoms with Gasteiger partial charge in [0, 0.05) is 30.5 Å². The van der Waals surface area contributed by atoms with Crippen molar-refractivity contribution >= 4 is 22.8 Å². The monoisotopic (exact) mass is 343 g/mol. The van der Waals surface area contributed by atoms with Crippen LogP contribution < -0.4 is 0 Å². The molecule has 1 N–H and O–H groups in total. The van der Waals surface area contributed by atoms with Gasteiger partial charge >= 0.3 is 5.97 Å². The van der Waals surface area contributed by atoms with Crippen molar-refractivity contribution in [1.82, 2.24) is 4.90 Å². The number of fused-ring (bicyclic) bond motifs is 1. The molecule has 2 aromatic rings. The molecular weight excluding hydrogens is 318 g/mol. The summed E-state index contributed by atoms with van der Waals surface area (Å²) in [6.45, 7) is 7.28. The molecule has 5 nitrogen and oxygen atoms in total. The van der Waals surface area contributed by atoms with Gasteiger partial charge in [0.05, 0.1) is 0 Å². The molecule has 1 fully saturated rings. The van der Waals surface area contributed by atoms with E-state index in [4.69, 9.17) is 9.52 Å². The number of aliphatic carboxylic acids is 1. The molecule has 1 aromatic heterocycles. The predicted molar refractivity (Wildman–Crippen MR) is 95.9 cm³/mol. The van der Waals surface area contributed by atoms with Gasteiger partial charge in [-0.1, -0.05) is 12.1 Å². The highest BCUT2D eigenvalue weighted by Crippen LogP contribution is 2.32. The molecule has 1 atom stereocenters. The van der Waals surface area contributed by atoms with Crippen molar-refractivity contribution in [1.29, 1.82) is 0 Å². The Hall–Kier alpha value is -2.30. The maximum absolute atomic E-state index is 13.0. The average molecular weight is 343 g/mol. The third-order valence-electron chi connectivity index (χ3n) is 5.25. The van der Waals surface area contributed by atoms with E-state index >= 15 is 0 Å². The van der Waals surface area contributed by atoms with E-state index in [0.717, 1.165) is 40.5 Å². The molecule has 1 unspecified atom stereocenters. The number of rotatable bonds is 4. The van der Waals surface area contributed by atoms with E-state index in [0.29, 0.717) is 25.3 Å². The van der Waals surface area contributed by atoms with Gasteiger partial charge in [-0.25, -0.2) is 0 Å². The first-order valence-electron chi connectivity index (χ1n) is 8.89. The normalized spacial score (nSPS) is 17.9. The lowest BCUT2D eigenvalue weighted by Crippen LogP contribution is -2.40. The number of hydrogen-bond donors (Lipinski definition) is 1. The van der Waals surface area contributed by atoms with Crippen molar-refractivity contribution in [2.24, 2.45) is 5.92 Å². The Bertz CT molecular complexity index is 821. The number of aryl methyl sites for hydroxylation is 3. The number of carbonyl (C=O) groups is 2. The first kappa shape index (κ1) is 17.5. The summed E-state index contributed by atoms with van der Waals surface area (Å²) in [5.41, 5.74) is 3.83. The number of carboxylic acids is 1. The second-order valence-corrected chi connectivity index (χ2v) is 7.15. The predicted octanol–water partition coefficient (Wildman–Crippen LogP) is 4.08. The number of piperidine rings is 1. The molecule has 0 bridgehead atoms. The fraction of sp³-hybridized carbons (Fsp3) is 0.500. The molecule has 1 saturated heterocycles. The average Bonchev–Trinajstić information content (AvgIpc) is 2.95. The van der Waals surface area contributed by atoms with E-state index in [1.54, 1.807) is 0 Å². The van der Waals surface area contributed by atoms with Crippen LogP contribution in [0.2, 0.25) is 0 Å². The number of furan rings is 1. The molecule has 1 aromatic carbocycles. The van der Waals surface area contributed by atoms with Crippen LogP contribution in [0, 0.1) is 26.7 Å². The zero-order chi connectivity index (χ0) is 18.1. The molecule has 1 aliphatic rings. The molecule has 3 rings (SSSR count). The summed E-state index contributed by atoms with van der Waals surface area (Å²) < 4.78 is 5.97. The lowest BCUT2D eigenvalue weighted by atomic mass is 9.93. The van der Waals surface area contributed by atoms with Crippen molar-refractivity contribution < 1.29 is 19.1 Å². The molecule has 0 saturated carbocycles. The van der Waals surface area contributed by atoms with Gasteiger partial charge in [0.25, 0.3) is 5.91 Å². The zero-order valence-electron chi connectivity index (χ0n) is 15.1. The molecule has 0 spiro atoms. The number of carbonyl (C=O) groups excluding carboxylic acids is 1. The molecule has 0 aliphatic carbocycles. The maximum atomic E-state index is 13.0. The van der Waals surface area contributed by atoms with Gasteiger partial charge in [0.15, 0.2) is 5.76 Å². The number of benzene rings is 1. The van der Waals surface area contributed by atoms with Crippen LogP contribution in [0.4, 0.5) is 0 Å². The SMILES string of the molecule is Cc1ccc(C)c2c(C)c(C(=O)N3CCCC(CCC(=O)O)C3)oc12. The van der Waals surface area contributed by atoms with Gasteiger partial charge in [0.1, 0.15) is 5.58 Å². The summed E-state index contributed by atoms with van der Waals surface area (Å²) in [6, 6.07) is 4.06. The summed E-state index contributed by atoms with van der Waals surface area (Å²) in [6.07, 6.45) is 2.67. The van der Waals surface area contributed by atoms with Crippen LogP contribution in [0.15, 0.2) is 16.5 Å². The van der Waals surface area contributed by atoms with E-state index in [9.17, 15) is 9.59 Å². The molecule has 25 heavy (non-hydrogen) atoms. The second kappa shape index (κ2) is 6.90. The van der Waals surface area contributed by atoms with Crippen LogP contribution in [0.25, 0.3) is 11.0 Å². The van der Waals surface area contributed by atoms with Crippen LogP contribution in [-0.2, 0) is 4.79 Å². The van der Waals surface area contributed by atoms with Crippen LogP contribution >= 0.6 is 0 Å².